The molecule has 1 amide bonds. The fourth-order valence-electron chi connectivity index (χ4n) is 2.03. The average Bonchev–Trinajstić information content (AvgIpc) is 2.52. The number of nitrogens with one attached hydrogen (secondary N) is 1. The molecule has 2 unspecified atom stereocenters. The molecule has 1 fully saturated rings. The fraction of sp³-hybridized carbons (Fsp3) is 0.900. The molecule has 0 saturated heterocycles. The van der Waals surface area contributed by atoms with Gasteiger partial charge < -0.3 is 11.1 Å². The van der Waals surface area contributed by atoms with Crippen molar-refractivity contribution in [1.82, 2.24) is 5.32 Å². The Bertz CT molecular complexity index is 170. The largest absolute Gasteiger partial charge is 0.370 e. The van der Waals surface area contributed by atoms with Gasteiger partial charge in [-0.15, -0.1) is 0 Å². The Labute approximate surface area is 80.1 Å². The van der Waals surface area contributed by atoms with Gasteiger partial charge in [0.2, 0.25) is 5.91 Å². The molecule has 0 spiro atoms. The molecule has 3 heteroatoms. The topological polar surface area (TPSA) is 55.1 Å². The standard InChI is InChI=1S/C10H20N2O/c1-2-8-3-4-9(7-8)12-6-5-10(11)13/h8-9,12H,2-7H2,1H3,(H2,11,13). The molecular formula is C10H20N2O. The first-order valence-corrected chi connectivity index (χ1v) is 5.24. The van der Waals surface area contributed by atoms with E-state index in [1.807, 2.05) is 0 Å². The molecule has 3 N–H and O–H groups in total. The first kappa shape index (κ1) is 10.5. The van der Waals surface area contributed by atoms with E-state index < -0.39 is 0 Å². The predicted octanol–water partition coefficient (Wildman–Crippen LogP) is 1.03. The van der Waals surface area contributed by atoms with Gasteiger partial charge in [-0.25, -0.2) is 0 Å². The van der Waals surface area contributed by atoms with E-state index in [0.717, 1.165) is 12.5 Å². The van der Waals surface area contributed by atoms with Crippen LogP contribution in [0.5, 0.6) is 0 Å². The average molecular weight is 184 g/mol. The van der Waals surface area contributed by atoms with Crippen molar-refractivity contribution < 1.29 is 4.79 Å². The Kier molecular flexibility index (Phi) is 4.22. The van der Waals surface area contributed by atoms with Crippen LogP contribution in [0.4, 0.5) is 0 Å². The molecule has 76 valence electrons. The van der Waals surface area contributed by atoms with E-state index >= 15 is 0 Å². The van der Waals surface area contributed by atoms with Crippen LogP contribution in [0.3, 0.4) is 0 Å². The Hall–Kier alpha value is -0.570. The number of amides is 1. The molecule has 0 aromatic rings. The molecule has 13 heavy (non-hydrogen) atoms. The van der Waals surface area contributed by atoms with Gasteiger partial charge in [0.05, 0.1) is 0 Å². The summed E-state index contributed by atoms with van der Waals surface area (Å²) in [6, 6.07) is 0.629. The van der Waals surface area contributed by atoms with Crippen molar-refractivity contribution in [3.05, 3.63) is 0 Å². The molecular weight excluding hydrogens is 164 g/mol. The van der Waals surface area contributed by atoms with E-state index in [0.29, 0.717) is 12.5 Å². The molecule has 0 aromatic heterocycles. The van der Waals surface area contributed by atoms with Crippen molar-refractivity contribution in [3.63, 3.8) is 0 Å². The van der Waals surface area contributed by atoms with Crippen LogP contribution in [0.15, 0.2) is 0 Å². The molecule has 3 nitrogen and oxygen atoms in total. The third-order valence-electron chi connectivity index (χ3n) is 2.92. The summed E-state index contributed by atoms with van der Waals surface area (Å²) in [6.07, 6.45) is 5.62. The van der Waals surface area contributed by atoms with E-state index in [4.69, 9.17) is 5.73 Å². The normalized spacial score (nSPS) is 27.8. The predicted molar refractivity (Wildman–Crippen MR) is 53.2 cm³/mol. The molecule has 2 atom stereocenters. The van der Waals surface area contributed by atoms with E-state index in [1.54, 1.807) is 0 Å². The molecule has 0 bridgehead atoms. The van der Waals surface area contributed by atoms with Crippen molar-refractivity contribution in [2.45, 2.75) is 45.1 Å². The van der Waals surface area contributed by atoms with Gasteiger partial charge in [-0.1, -0.05) is 13.3 Å². The van der Waals surface area contributed by atoms with Gasteiger partial charge in [-0.05, 0) is 25.2 Å². The highest BCUT2D eigenvalue weighted by molar-refractivity contribution is 5.73. The number of carbonyl (C=O) groups excluding carboxylic acids is 1. The highest BCUT2D eigenvalue weighted by atomic mass is 16.1. The van der Waals surface area contributed by atoms with Crippen molar-refractivity contribution >= 4 is 5.91 Å². The third kappa shape index (κ3) is 3.77. The maximum atomic E-state index is 10.5. The Morgan fingerprint density at radius 2 is 2.31 bits per heavy atom. The van der Waals surface area contributed by atoms with E-state index in [2.05, 4.69) is 12.2 Å². The van der Waals surface area contributed by atoms with Crippen molar-refractivity contribution in [1.29, 1.82) is 0 Å². The number of hydrogen-bond acceptors (Lipinski definition) is 2. The van der Waals surface area contributed by atoms with Gasteiger partial charge in [0.1, 0.15) is 0 Å². The van der Waals surface area contributed by atoms with E-state index in [9.17, 15) is 4.79 Å². The third-order valence-corrected chi connectivity index (χ3v) is 2.92. The van der Waals surface area contributed by atoms with Crippen LogP contribution in [0.25, 0.3) is 0 Å². The van der Waals surface area contributed by atoms with Crippen LogP contribution in [-0.4, -0.2) is 18.5 Å². The zero-order valence-corrected chi connectivity index (χ0v) is 8.38. The van der Waals surface area contributed by atoms with Crippen LogP contribution >= 0.6 is 0 Å². The lowest BCUT2D eigenvalue weighted by molar-refractivity contribution is -0.117. The molecule has 0 radical (unpaired) electrons. The molecule has 1 rings (SSSR count). The monoisotopic (exact) mass is 184 g/mol. The van der Waals surface area contributed by atoms with Crippen molar-refractivity contribution in [2.75, 3.05) is 6.54 Å². The second kappa shape index (κ2) is 5.22. The summed E-state index contributed by atoms with van der Waals surface area (Å²) in [6.45, 7) is 2.99. The first-order chi connectivity index (χ1) is 6.22. The smallest absolute Gasteiger partial charge is 0.218 e. The molecule has 1 aliphatic rings. The zero-order valence-electron chi connectivity index (χ0n) is 8.38. The van der Waals surface area contributed by atoms with Crippen molar-refractivity contribution in [2.24, 2.45) is 11.7 Å². The summed E-state index contributed by atoms with van der Waals surface area (Å²) in [4.78, 5) is 10.5. The number of primary amides is 1. The molecule has 1 saturated carbocycles. The molecule has 0 heterocycles. The zero-order chi connectivity index (χ0) is 9.68. The maximum Gasteiger partial charge on any atom is 0.218 e. The highest BCUT2D eigenvalue weighted by Gasteiger charge is 2.22. The highest BCUT2D eigenvalue weighted by Crippen LogP contribution is 2.27. The summed E-state index contributed by atoms with van der Waals surface area (Å²) >= 11 is 0. The van der Waals surface area contributed by atoms with Gasteiger partial charge in [0, 0.05) is 19.0 Å². The molecule has 0 aliphatic heterocycles. The summed E-state index contributed by atoms with van der Waals surface area (Å²) in [5.74, 6) is 0.684. The van der Waals surface area contributed by atoms with Gasteiger partial charge in [-0.3, -0.25) is 4.79 Å². The Morgan fingerprint density at radius 1 is 1.54 bits per heavy atom. The lowest BCUT2D eigenvalue weighted by atomic mass is 10.1. The second-order valence-electron chi connectivity index (χ2n) is 3.95. The Balaban J connectivity index is 2.07. The maximum absolute atomic E-state index is 10.5. The minimum absolute atomic E-state index is 0.211. The summed E-state index contributed by atoms with van der Waals surface area (Å²) < 4.78 is 0. The van der Waals surface area contributed by atoms with Crippen LogP contribution < -0.4 is 11.1 Å². The van der Waals surface area contributed by atoms with Gasteiger partial charge in [0.15, 0.2) is 0 Å². The van der Waals surface area contributed by atoms with Crippen LogP contribution in [0.2, 0.25) is 0 Å². The number of hydrogen-bond donors (Lipinski definition) is 2. The lowest BCUT2D eigenvalue weighted by Gasteiger charge is -2.11. The summed E-state index contributed by atoms with van der Waals surface area (Å²) in [5.41, 5.74) is 5.05. The van der Waals surface area contributed by atoms with E-state index in [-0.39, 0.29) is 5.91 Å². The lowest BCUT2D eigenvalue weighted by Crippen LogP contribution is -2.30. The fourth-order valence-corrected chi connectivity index (χ4v) is 2.03. The number of nitrogens with two attached hydrogens (primary N) is 1. The van der Waals surface area contributed by atoms with Crippen LogP contribution in [0, 0.1) is 5.92 Å². The van der Waals surface area contributed by atoms with E-state index in [1.165, 1.54) is 25.7 Å². The Morgan fingerprint density at radius 3 is 2.85 bits per heavy atom. The second-order valence-corrected chi connectivity index (χ2v) is 3.95. The summed E-state index contributed by atoms with van der Waals surface area (Å²) in [5, 5.41) is 3.38. The van der Waals surface area contributed by atoms with Gasteiger partial charge in [-0.2, -0.15) is 0 Å². The summed E-state index contributed by atoms with van der Waals surface area (Å²) in [7, 11) is 0. The van der Waals surface area contributed by atoms with Crippen LogP contribution in [-0.2, 0) is 4.79 Å². The molecule has 1 aliphatic carbocycles. The molecule has 0 aromatic carbocycles. The van der Waals surface area contributed by atoms with Crippen LogP contribution in [0.1, 0.15) is 39.0 Å². The minimum Gasteiger partial charge on any atom is -0.370 e. The minimum atomic E-state index is -0.211. The van der Waals surface area contributed by atoms with Gasteiger partial charge >= 0.3 is 0 Å². The number of carbonyl (C=O) groups is 1. The van der Waals surface area contributed by atoms with Gasteiger partial charge in [0.25, 0.3) is 0 Å². The number of rotatable bonds is 5. The SMILES string of the molecule is CCC1CCC(NCCC(N)=O)C1. The first-order valence-electron chi connectivity index (χ1n) is 5.24. The van der Waals surface area contributed by atoms with Crippen molar-refractivity contribution in [3.8, 4) is 0 Å². The quantitative estimate of drug-likeness (QED) is 0.670.